The number of rotatable bonds is 16. The molecule has 0 radical (unpaired) electrons. The van der Waals surface area contributed by atoms with E-state index in [9.17, 15) is 19.9 Å². The number of carbonyl (C=O) groups is 2. The molecule has 2 N–H and O–H groups in total. The summed E-state index contributed by atoms with van der Waals surface area (Å²) >= 11 is 14.1. The number of ether oxygens (including phenoxy) is 3. The number of carboxylic acid groups (broad SMARTS) is 1. The first kappa shape index (κ1) is 36.0. The normalized spacial score (nSPS) is 12.5. The lowest BCUT2D eigenvalue weighted by molar-refractivity contribution is -0.904. The van der Waals surface area contributed by atoms with Crippen LogP contribution in [0.4, 0.5) is 0 Å². The number of benzene rings is 2. The number of nitrogens with zero attached hydrogens (tertiary/aromatic N) is 2. The molecule has 1 unspecified atom stereocenters. The Kier molecular flexibility index (Phi) is 12.9. The Balaban J connectivity index is 1.70. The van der Waals surface area contributed by atoms with E-state index >= 15 is 0 Å². The van der Waals surface area contributed by atoms with Crippen molar-refractivity contribution in [3.8, 4) is 11.5 Å². The molecule has 13 heteroatoms. The van der Waals surface area contributed by atoms with Gasteiger partial charge in [0.25, 0.3) is 0 Å². The number of aromatic nitrogens is 1. The van der Waals surface area contributed by atoms with Crippen LogP contribution in [0, 0.1) is 0 Å². The number of carboxylic acids is 1. The summed E-state index contributed by atoms with van der Waals surface area (Å²) in [5, 5.41) is 26.2. The lowest BCUT2D eigenvalue weighted by Crippen LogP contribution is -2.30. The van der Waals surface area contributed by atoms with Crippen LogP contribution in [0.2, 0.25) is 10.0 Å². The van der Waals surface area contributed by atoms with Gasteiger partial charge in [-0.1, -0.05) is 59.6 Å². The number of halogens is 2. The summed E-state index contributed by atoms with van der Waals surface area (Å²) in [5.41, 5.74) is 2.41. The number of methoxy groups -OCH3 is 2. The van der Waals surface area contributed by atoms with Crippen LogP contribution in [0.15, 0.2) is 67.0 Å². The average Bonchev–Trinajstić information content (AvgIpc) is 3.47. The largest absolute Gasteiger partial charge is 0.544 e. The zero-order valence-corrected chi connectivity index (χ0v) is 28.8. The van der Waals surface area contributed by atoms with Gasteiger partial charge in [0.1, 0.15) is 16.1 Å². The number of esters is 1. The molecule has 0 saturated carbocycles. The van der Waals surface area contributed by atoms with Crippen LogP contribution in [-0.4, -0.2) is 63.5 Å². The SMILES string of the molecule is COc1ccc([C@H](Cc2c(Cl)c[n+](O)cc2Cl)c2cc(CNC(C(=O)OCCCN(C)C)c3ccccc3)sc2C(=O)[O-])cc1OC. The highest BCUT2D eigenvalue weighted by Crippen LogP contribution is 2.41. The topological polar surface area (TPSA) is 124 Å². The van der Waals surface area contributed by atoms with Gasteiger partial charge in [0.15, 0.2) is 11.5 Å². The Morgan fingerprint density at radius 3 is 2.30 bits per heavy atom. The molecule has 0 aliphatic heterocycles. The lowest BCUT2D eigenvalue weighted by Gasteiger charge is -2.21. The molecule has 4 aromatic rings. The van der Waals surface area contributed by atoms with Gasteiger partial charge in [0, 0.05) is 34.2 Å². The van der Waals surface area contributed by atoms with E-state index in [2.05, 4.69) is 5.32 Å². The van der Waals surface area contributed by atoms with Crippen LogP contribution in [0.1, 0.15) is 55.2 Å². The minimum Gasteiger partial charge on any atom is -0.544 e. The first-order valence-electron chi connectivity index (χ1n) is 14.8. The lowest BCUT2D eigenvalue weighted by atomic mass is 9.85. The Morgan fingerprint density at radius 1 is 1.00 bits per heavy atom. The smallest absolute Gasteiger partial charge is 0.327 e. The van der Waals surface area contributed by atoms with Crippen molar-refractivity contribution in [2.45, 2.75) is 31.3 Å². The van der Waals surface area contributed by atoms with Gasteiger partial charge in [-0.25, -0.2) is 4.79 Å². The molecule has 0 fully saturated rings. The van der Waals surface area contributed by atoms with Crippen molar-refractivity contribution in [2.75, 3.05) is 41.5 Å². The Bertz CT molecular complexity index is 1660. The van der Waals surface area contributed by atoms with E-state index in [-0.39, 0.29) is 34.5 Å². The predicted octanol–water partition coefficient (Wildman–Crippen LogP) is 4.66. The molecule has 2 atom stereocenters. The second-order valence-electron chi connectivity index (χ2n) is 11.0. The molecule has 0 spiro atoms. The van der Waals surface area contributed by atoms with Crippen molar-refractivity contribution in [2.24, 2.45) is 0 Å². The van der Waals surface area contributed by atoms with Crippen LogP contribution in [0.5, 0.6) is 11.5 Å². The van der Waals surface area contributed by atoms with Crippen LogP contribution >= 0.6 is 34.5 Å². The highest BCUT2D eigenvalue weighted by molar-refractivity contribution is 7.14. The molecule has 47 heavy (non-hydrogen) atoms. The zero-order chi connectivity index (χ0) is 34.1. The molecule has 2 heterocycles. The van der Waals surface area contributed by atoms with E-state index in [1.165, 1.54) is 26.6 Å². The minimum absolute atomic E-state index is 0.0181. The molecule has 0 aliphatic rings. The van der Waals surface area contributed by atoms with Crippen molar-refractivity contribution in [1.82, 2.24) is 10.2 Å². The number of thiophene rings is 1. The number of aromatic carboxylic acids is 1. The molecule has 250 valence electrons. The Morgan fingerprint density at radius 2 is 1.68 bits per heavy atom. The molecule has 0 aliphatic carbocycles. The van der Waals surface area contributed by atoms with E-state index in [0.29, 0.717) is 39.5 Å². The van der Waals surface area contributed by atoms with E-state index in [1.807, 2.05) is 55.4 Å². The van der Waals surface area contributed by atoms with Gasteiger partial charge in [-0.2, -0.15) is 0 Å². The second-order valence-corrected chi connectivity index (χ2v) is 13.0. The number of carbonyl (C=O) groups excluding carboxylic acids is 2. The summed E-state index contributed by atoms with van der Waals surface area (Å²) in [6, 6.07) is 15.5. The summed E-state index contributed by atoms with van der Waals surface area (Å²) in [4.78, 5) is 28.5. The number of nitrogens with one attached hydrogen (secondary N) is 1. The van der Waals surface area contributed by atoms with E-state index in [1.54, 1.807) is 18.2 Å². The van der Waals surface area contributed by atoms with Crippen LogP contribution in [-0.2, 0) is 22.5 Å². The standard InChI is InChI=1S/C34H37Cl2N3O7S/c1-38(2)13-8-14-46-34(42)31(21-9-6-5-7-10-21)37-18-23-16-25(32(47-23)33(40)41)24(17-26-27(35)19-39(43)20-28(26)36)22-11-12-29(44-3)30(15-22)45-4/h5-7,9-12,15-16,19-20,24,31,37H,8,13-14,17-18H2,1-4H3,(H-,40,41,43)/t24-,31?/m0/s1. The van der Waals surface area contributed by atoms with Crippen LogP contribution in [0.3, 0.4) is 0 Å². The molecule has 0 saturated heterocycles. The summed E-state index contributed by atoms with van der Waals surface area (Å²) < 4.78 is 17.3. The summed E-state index contributed by atoms with van der Waals surface area (Å²) in [6.07, 6.45) is 3.49. The van der Waals surface area contributed by atoms with E-state index in [0.717, 1.165) is 28.2 Å². The summed E-state index contributed by atoms with van der Waals surface area (Å²) in [5.74, 6) is -1.40. The van der Waals surface area contributed by atoms with Gasteiger partial charge in [0.2, 0.25) is 12.4 Å². The first-order chi connectivity index (χ1) is 22.5. The fourth-order valence-corrected chi connectivity index (χ4v) is 6.81. The molecule has 0 bridgehead atoms. The van der Waals surface area contributed by atoms with Gasteiger partial charge in [-0.05, 0) is 61.8 Å². The van der Waals surface area contributed by atoms with Crippen LogP contribution in [0.25, 0.3) is 0 Å². The summed E-state index contributed by atoms with van der Waals surface area (Å²) in [7, 11) is 6.94. The highest BCUT2D eigenvalue weighted by atomic mass is 35.5. The Hall–Kier alpha value is -3.87. The first-order valence-corrected chi connectivity index (χ1v) is 16.3. The van der Waals surface area contributed by atoms with Crippen molar-refractivity contribution in [3.05, 3.63) is 109 Å². The van der Waals surface area contributed by atoms with Gasteiger partial charge < -0.3 is 29.0 Å². The predicted molar refractivity (Wildman–Crippen MR) is 178 cm³/mol. The third kappa shape index (κ3) is 9.36. The highest BCUT2D eigenvalue weighted by Gasteiger charge is 2.28. The molecule has 10 nitrogen and oxygen atoms in total. The maximum Gasteiger partial charge on any atom is 0.327 e. The van der Waals surface area contributed by atoms with E-state index < -0.39 is 23.9 Å². The van der Waals surface area contributed by atoms with Crippen molar-refractivity contribution < 1.29 is 38.8 Å². The number of pyridine rings is 1. The summed E-state index contributed by atoms with van der Waals surface area (Å²) in [6.45, 7) is 1.22. The van der Waals surface area contributed by atoms with Gasteiger partial charge >= 0.3 is 5.97 Å². The van der Waals surface area contributed by atoms with Gasteiger partial charge in [-0.3, -0.25) is 10.5 Å². The number of hydrogen-bond acceptors (Lipinski definition) is 10. The fourth-order valence-electron chi connectivity index (χ4n) is 5.20. The Labute approximate surface area is 288 Å². The molecule has 4 rings (SSSR count). The van der Waals surface area contributed by atoms with Crippen molar-refractivity contribution in [3.63, 3.8) is 0 Å². The molecule has 0 amide bonds. The van der Waals surface area contributed by atoms with E-state index in [4.69, 9.17) is 37.4 Å². The molecule has 2 aromatic heterocycles. The third-order valence-electron chi connectivity index (χ3n) is 7.50. The van der Waals surface area contributed by atoms with Gasteiger partial charge in [0.05, 0.1) is 31.7 Å². The fraction of sp³-hybridized carbons (Fsp3) is 0.324. The molecular weight excluding hydrogens is 665 g/mol. The van der Waals surface area contributed by atoms with Gasteiger partial charge in [-0.15, -0.1) is 11.3 Å². The molecule has 2 aromatic carbocycles. The monoisotopic (exact) mass is 701 g/mol. The third-order valence-corrected chi connectivity index (χ3v) is 9.28. The minimum atomic E-state index is -1.35. The number of hydrogen-bond donors (Lipinski definition) is 2. The maximum atomic E-state index is 13.2. The van der Waals surface area contributed by atoms with Crippen molar-refractivity contribution >= 4 is 46.5 Å². The quantitative estimate of drug-likeness (QED) is 0.0743. The molecular formula is C34H37Cl2N3O7S. The maximum absolute atomic E-state index is 13.2. The van der Waals surface area contributed by atoms with Crippen molar-refractivity contribution in [1.29, 1.82) is 0 Å². The van der Waals surface area contributed by atoms with Crippen LogP contribution < -0.4 is 24.6 Å². The second kappa shape index (κ2) is 16.8. The zero-order valence-electron chi connectivity index (χ0n) is 26.5. The average molecular weight is 703 g/mol.